The molecule has 1 aromatic carbocycles. The standard InChI is InChI=1S/C10H10FN3O/c11-8-3-1-2-7(6-8)4-5-9-13-14-10(12)15-9/h1-3,6H,4-5H2,(H2,12,14). The molecule has 15 heavy (non-hydrogen) atoms. The van der Waals surface area contributed by atoms with E-state index in [2.05, 4.69) is 10.2 Å². The van der Waals surface area contributed by atoms with E-state index in [0.717, 1.165) is 5.56 Å². The first-order valence-electron chi connectivity index (χ1n) is 4.56. The number of rotatable bonds is 3. The zero-order valence-electron chi connectivity index (χ0n) is 7.98. The van der Waals surface area contributed by atoms with Crippen molar-refractivity contribution in [3.8, 4) is 0 Å². The highest BCUT2D eigenvalue weighted by atomic mass is 19.1. The van der Waals surface area contributed by atoms with Crippen LogP contribution in [-0.2, 0) is 12.8 Å². The minimum atomic E-state index is -0.238. The Kier molecular flexibility index (Phi) is 2.62. The van der Waals surface area contributed by atoms with Gasteiger partial charge in [-0.3, -0.25) is 0 Å². The highest BCUT2D eigenvalue weighted by molar-refractivity contribution is 5.17. The van der Waals surface area contributed by atoms with E-state index in [-0.39, 0.29) is 11.8 Å². The molecule has 0 amide bonds. The van der Waals surface area contributed by atoms with Crippen LogP contribution in [0.4, 0.5) is 10.4 Å². The number of aryl methyl sites for hydroxylation is 2. The summed E-state index contributed by atoms with van der Waals surface area (Å²) < 4.78 is 17.8. The summed E-state index contributed by atoms with van der Waals surface area (Å²) in [6.45, 7) is 0. The fourth-order valence-electron chi connectivity index (χ4n) is 1.31. The van der Waals surface area contributed by atoms with Gasteiger partial charge in [-0.25, -0.2) is 4.39 Å². The summed E-state index contributed by atoms with van der Waals surface area (Å²) in [5.41, 5.74) is 6.17. The predicted molar refractivity (Wildman–Crippen MR) is 52.5 cm³/mol. The molecule has 78 valence electrons. The van der Waals surface area contributed by atoms with E-state index in [0.29, 0.717) is 18.7 Å². The molecule has 0 fully saturated rings. The molecule has 0 saturated heterocycles. The van der Waals surface area contributed by atoms with Gasteiger partial charge in [0.05, 0.1) is 0 Å². The number of hydrogen-bond donors (Lipinski definition) is 1. The normalized spacial score (nSPS) is 10.5. The number of anilines is 1. The van der Waals surface area contributed by atoms with Crippen molar-refractivity contribution in [3.05, 3.63) is 41.5 Å². The van der Waals surface area contributed by atoms with Gasteiger partial charge in [0, 0.05) is 6.42 Å². The molecule has 0 atom stereocenters. The van der Waals surface area contributed by atoms with Crippen molar-refractivity contribution >= 4 is 6.01 Å². The van der Waals surface area contributed by atoms with Crippen LogP contribution in [-0.4, -0.2) is 10.2 Å². The monoisotopic (exact) mass is 207 g/mol. The Hall–Kier alpha value is -1.91. The maximum Gasteiger partial charge on any atom is 0.312 e. The maximum atomic E-state index is 12.8. The molecular weight excluding hydrogens is 197 g/mol. The Balaban J connectivity index is 1.99. The Morgan fingerprint density at radius 1 is 1.27 bits per heavy atom. The molecule has 1 heterocycles. The minimum absolute atomic E-state index is 0.0595. The average Bonchev–Trinajstić information content (AvgIpc) is 2.62. The van der Waals surface area contributed by atoms with Gasteiger partial charge in [0.25, 0.3) is 0 Å². The van der Waals surface area contributed by atoms with Crippen LogP contribution < -0.4 is 5.73 Å². The van der Waals surface area contributed by atoms with Crippen LogP contribution in [0.3, 0.4) is 0 Å². The quantitative estimate of drug-likeness (QED) is 0.829. The van der Waals surface area contributed by atoms with Crippen molar-refractivity contribution in [3.63, 3.8) is 0 Å². The number of aromatic nitrogens is 2. The lowest BCUT2D eigenvalue weighted by atomic mass is 10.1. The van der Waals surface area contributed by atoms with Crippen LogP contribution >= 0.6 is 0 Å². The highest BCUT2D eigenvalue weighted by Gasteiger charge is 2.03. The third-order valence-corrected chi connectivity index (χ3v) is 2.00. The molecule has 2 aromatic rings. The molecule has 0 aliphatic heterocycles. The fraction of sp³-hybridized carbons (Fsp3) is 0.200. The maximum absolute atomic E-state index is 12.8. The van der Waals surface area contributed by atoms with Crippen molar-refractivity contribution in [1.82, 2.24) is 10.2 Å². The van der Waals surface area contributed by atoms with Crippen LogP contribution in [0.15, 0.2) is 28.7 Å². The summed E-state index contributed by atoms with van der Waals surface area (Å²) in [4.78, 5) is 0. The number of nitrogens with zero attached hydrogens (tertiary/aromatic N) is 2. The van der Waals surface area contributed by atoms with E-state index >= 15 is 0 Å². The summed E-state index contributed by atoms with van der Waals surface area (Å²) in [5, 5.41) is 7.25. The molecule has 4 nitrogen and oxygen atoms in total. The summed E-state index contributed by atoms with van der Waals surface area (Å²) in [5.74, 6) is 0.231. The van der Waals surface area contributed by atoms with E-state index < -0.39 is 0 Å². The molecule has 0 aliphatic carbocycles. The summed E-state index contributed by atoms with van der Waals surface area (Å²) >= 11 is 0. The van der Waals surface area contributed by atoms with Gasteiger partial charge < -0.3 is 10.2 Å². The van der Waals surface area contributed by atoms with Crippen molar-refractivity contribution in [2.75, 3.05) is 5.73 Å². The number of nitrogen functional groups attached to an aromatic ring is 1. The average molecular weight is 207 g/mol. The molecule has 0 spiro atoms. The van der Waals surface area contributed by atoms with Crippen molar-refractivity contribution in [1.29, 1.82) is 0 Å². The van der Waals surface area contributed by atoms with Gasteiger partial charge in [0.1, 0.15) is 5.82 Å². The fourth-order valence-corrected chi connectivity index (χ4v) is 1.31. The van der Waals surface area contributed by atoms with E-state index in [9.17, 15) is 4.39 Å². The van der Waals surface area contributed by atoms with Crippen LogP contribution in [0.5, 0.6) is 0 Å². The second kappa shape index (κ2) is 4.08. The molecule has 0 aliphatic rings. The molecule has 0 radical (unpaired) electrons. The third-order valence-electron chi connectivity index (χ3n) is 2.00. The number of nitrogens with two attached hydrogens (primary N) is 1. The molecule has 2 N–H and O–H groups in total. The number of halogens is 1. The van der Waals surface area contributed by atoms with E-state index in [1.54, 1.807) is 6.07 Å². The molecule has 0 saturated carbocycles. The summed E-state index contributed by atoms with van der Waals surface area (Å²) in [7, 11) is 0. The molecule has 2 rings (SSSR count). The first kappa shape index (κ1) is 9.64. The zero-order valence-corrected chi connectivity index (χ0v) is 7.98. The Bertz CT molecular complexity index is 455. The molecule has 0 unspecified atom stereocenters. The van der Waals surface area contributed by atoms with E-state index in [4.69, 9.17) is 10.2 Å². The first-order valence-corrected chi connectivity index (χ1v) is 4.56. The zero-order chi connectivity index (χ0) is 10.7. The van der Waals surface area contributed by atoms with Crippen LogP contribution in [0, 0.1) is 5.82 Å². The SMILES string of the molecule is Nc1nnc(CCc2cccc(F)c2)o1. The van der Waals surface area contributed by atoms with Crippen molar-refractivity contribution in [2.24, 2.45) is 0 Å². The van der Waals surface area contributed by atoms with Gasteiger partial charge in [-0.05, 0) is 24.1 Å². The second-order valence-electron chi connectivity index (χ2n) is 3.16. The van der Waals surface area contributed by atoms with Gasteiger partial charge in [0.15, 0.2) is 0 Å². The second-order valence-corrected chi connectivity index (χ2v) is 3.16. The number of benzene rings is 1. The molecule has 0 bridgehead atoms. The van der Waals surface area contributed by atoms with Gasteiger partial charge in [-0.15, -0.1) is 5.10 Å². The van der Waals surface area contributed by atoms with Crippen LogP contribution in [0.1, 0.15) is 11.5 Å². The van der Waals surface area contributed by atoms with Crippen molar-refractivity contribution in [2.45, 2.75) is 12.8 Å². The molecule has 1 aromatic heterocycles. The van der Waals surface area contributed by atoms with Crippen LogP contribution in [0.2, 0.25) is 0 Å². The Morgan fingerprint density at radius 2 is 2.13 bits per heavy atom. The van der Waals surface area contributed by atoms with Gasteiger partial charge in [-0.1, -0.05) is 17.2 Å². The Labute approximate surface area is 85.9 Å². The van der Waals surface area contributed by atoms with Gasteiger partial charge in [0.2, 0.25) is 5.89 Å². The lowest BCUT2D eigenvalue weighted by Gasteiger charge is -1.97. The van der Waals surface area contributed by atoms with Gasteiger partial charge >= 0.3 is 6.01 Å². The topological polar surface area (TPSA) is 64.9 Å². The van der Waals surface area contributed by atoms with E-state index in [1.807, 2.05) is 6.07 Å². The largest absolute Gasteiger partial charge is 0.408 e. The lowest BCUT2D eigenvalue weighted by molar-refractivity contribution is 0.508. The van der Waals surface area contributed by atoms with Crippen molar-refractivity contribution < 1.29 is 8.81 Å². The third kappa shape index (κ3) is 2.52. The molecule has 5 heteroatoms. The van der Waals surface area contributed by atoms with E-state index in [1.165, 1.54) is 12.1 Å². The van der Waals surface area contributed by atoms with Crippen LogP contribution in [0.25, 0.3) is 0 Å². The van der Waals surface area contributed by atoms with Gasteiger partial charge in [-0.2, -0.15) is 0 Å². The lowest BCUT2D eigenvalue weighted by Crippen LogP contribution is -1.92. The smallest absolute Gasteiger partial charge is 0.312 e. The summed E-state index contributed by atoms with van der Waals surface area (Å²) in [6.07, 6.45) is 1.22. The number of hydrogen-bond acceptors (Lipinski definition) is 4. The summed E-state index contributed by atoms with van der Waals surface area (Å²) in [6, 6.07) is 6.48. The minimum Gasteiger partial charge on any atom is -0.408 e. The molecular formula is C10H10FN3O. The highest BCUT2D eigenvalue weighted by Crippen LogP contribution is 2.08. The Morgan fingerprint density at radius 3 is 2.80 bits per heavy atom. The predicted octanol–water partition coefficient (Wildman–Crippen LogP) is 1.58. The first-order chi connectivity index (χ1) is 7.24.